The second kappa shape index (κ2) is 7.79. The van der Waals surface area contributed by atoms with E-state index in [-0.39, 0.29) is 13.0 Å². The number of benzene rings is 1. The van der Waals surface area contributed by atoms with Gasteiger partial charge in [-0.05, 0) is 25.5 Å². The molecule has 1 atom stereocenters. The Kier molecular flexibility index (Phi) is 6.38. The van der Waals surface area contributed by atoms with Gasteiger partial charge < -0.3 is 15.2 Å². The van der Waals surface area contributed by atoms with Crippen LogP contribution in [-0.4, -0.2) is 36.7 Å². The van der Waals surface area contributed by atoms with Gasteiger partial charge in [0, 0.05) is 6.54 Å². The van der Waals surface area contributed by atoms with E-state index in [4.69, 9.17) is 9.84 Å². The number of ether oxygens (including phenoxy) is 1. The molecule has 0 bridgehead atoms. The minimum Gasteiger partial charge on any atom is -0.493 e. The maximum atomic E-state index is 12.0. The molecule has 4 nitrogen and oxygen atoms in total. The van der Waals surface area contributed by atoms with Gasteiger partial charge in [-0.15, -0.1) is 0 Å². The summed E-state index contributed by atoms with van der Waals surface area (Å²) < 4.78 is 29.5. The van der Waals surface area contributed by atoms with E-state index < -0.39 is 25.0 Å². The second-order valence-electron chi connectivity index (χ2n) is 4.57. The standard InChI is InChI=1S/C14H19F2NO3/c1-9-3-4-12(10(2)7-9)20-6-5-13(19)17-8-11(18)14(15)16/h3-4,7,11,14,18H,5-6,8H2,1-2H3,(H,17,19). The molecule has 1 unspecified atom stereocenters. The largest absolute Gasteiger partial charge is 0.493 e. The van der Waals surface area contributed by atoms with Crippen LogP contribution in [0, 0.1) is 13.8 Å². The molecule has 0 fully saturated rings. The highest BCUT2D eigenvalue weighted by Gasteiger charge is 2.17. The van der Waals surface area contributed by atoms with Gasteiger partial charge in [-0.3, -0.25) is 4.79 Å². The van der Waals surface area contributed by atoms with Crippen molar-refractivity contribution >= 4 is 5.91 Å². The Morgan fingerprint density at radius 3 is 2.70 bits per heavy atom. The first-order chi connectivity index (χ1) is 9.40. The van der Waals surface area contributed by atoms with E-state index in [2.05, 4.69) is 5.32 Å². The van der Waals surface area contributed by atoms with Crippen molar-refractivity contribution < 1.29 is 23.4 Å². The number of carbonyl (C=O) groups is 1. The Hall–Kier alpha value is -1.69. The summed E-state index contributed by atoms with van der Waals surface area (Å²) in [6, 6.07) is 5.69. The van der Waals surface area contributed by atoms with Gasteiger partial charge in [0.25, 0.3) is 6.43 Å². The number of carbonyl (C=O) groups excluding carboxylic acids is 1. The molecule has 0 aliphatic rings. The Balaban J connectivity index is 2.28. The number of rotatable bonds is 7. The van der Waals surface area contributed by atoms with Gasteiger partial charge in [0.05, 0.1) is 13.0 Å². The smallest absolute Gasteiger partial charge is 0.265 e. The maximum Gasteiger partial charge on any atom is 0.265 e. The molecular formula is C14H19F2NO3. The maximum absolute atomic E-state index is 12.0. The van der Waals surface area contributed by atoms with E-state index in [1.165, 1.54) is 0 Å². The van der Waals surface area contributed by atoms with Crippen LogP contribution in [0.25, 0.3) is 0 Å². The molecule has 0 heterocycles. The summed E-state index contributed by atoms with van der Waals surface area (Å²) >= 11 is 0. The predicted molar refractivity (Wildman–Crippen MR) is 71.0 cm³/mol. The summed E-state index contributed by atoms with van der Waals surface area (Å²) in [5.74, 6) is 0.255. The summed E-state index contributed by atoms with van der Waals surface area (Å²) in [4.78, 5) is 11.4. The van der Waals surface area contributed by atoms with E-state index in [9.17, 15) is 13.6 Å². The fourth-order valence-corrected chi connectivity index (χ4v) is 1.61. The molecule has 1 aromatic rings. The third-order valence-corrected chi connectivity index (χ3v) is 2.72. The zero-order chi connectivity index (χ0) is 15.1. The molecule has 0 aromatic heterocycles. The molecule has 0 saturated carbocycles. The lowest BCUT2D eigenvalue weighted by atomic mass is 10.1. The Morgan fingerprint density at radius 2 is 2.10 bits per heavy atom. The first-order valence-corrected chi connectivity index (χ1v) is 6.33. The third kappa shape index (κ3) is 5.52. The normalized spacial score (nSPS) is 12.3. The van der Waals surface area contributed by atoms with Crippen LogP contribution in [0.4, 0.5) is 8.78 Å². The number of nitrogens with one attached hydrogen (secondary N) is 1. The average molecular weight is 287 g/mol. The van der Waals surface area contributed by atoms with Gasteiger partial charge in [0.15, 0.2) is 0 Å². The van der Waals surface area contributed by atoms with E-state index in [0.29, 0.717) is 5.75 Å². The van der Waals surface area contributed by atoms with Gasteiger partial charge in [-0.2, -0.15) is 0 Å². The fraction of sp³-hybridized carbons (Fsp3) is 0.500. The first kappa shape index (κ1) is 16.4. The van der Waals surface area contributed by atoms with E-state index >= 15 is 0 Å². The van der Waals surface area contributed by atoms with Crippen molar-refractivity contribution in [2.24, 2.45) is 0 Å². The lowest BCUT2D eigenvalue weighted by Gasteiger charge is -2.12. The number of halogens is 2. The van der Waals surface area contributed by atoms with Crippen molar-refractivity contribution in [3.8, 4) is 5.75 Å². The Labute approximate surface area is 116 Å². The Bertz CT molecular complexity index is 452. The number of aryl methyl sites for hydroxylation is 2. The lowest BCUT2D eigenvalue weighted by Crippen LogP contribution is -2.36. The summed E-state index contributed by atoms with van der Waals surface area (Å²) in [6.07, 6.45) is -4.65. The number of amides is 1. The van der Waals surface area contributed by atoms with Crippen LogP contribution in [0.1, 0.15) is 17.5 Å². The van der Waals surface area contributed by atoms with Gasteiger partial charge in [-0.1, -0.05) is 17.7 Å². The average Bonchev–Trinajstić information content (AvgIpc) is 2.38. The highest BCUT2D eigenvalue weighted by molar-refractivity contribution is 5.76. The molecule has 1 rings (SSSR count). The molecule has 20 heavy (non-hydrogen) atoms. The summed E-state index contributed by atoms with van der Waals surface area (Å²) in [5.41, 5.74) is 2.09. The summed E-state index contributed by atoms with van der Waals surface area (Å²) in [6.45, 7) is 3.57. The molecule has 112 valence electrons. The quantitative estimate of drug-likeness (QED) is 0.804. The number of aliphatic hydroxyl groups excluding tert-OH is 1. The fourth-order valence-electron chi connectivity index (χ4n) is 1.61. The molecule has 0 saturated heterocycles. The third-order valence-electron chi connectivity index (χ3n) is 2.72. The number of hydrogen-bond acceptors (Lipinski definition) is 3. The zero-order valence-electron chi connectivity index (χ0n) is 11.5. The summed E-state index contributed by atoms with van der Waals surface area (Å²) in [7, 11) is 0. The molecule has 0 spiro atoms. The second-order valence-corrected chi connectivity index (χ2v) is 4.57. The van der Waals surface area contributed by atoms with Crippen molar-refractivity contribution in [2.45, 2.75) is 32.8 Å². The molecule has 2 N–H and O–H groups in total. The van der Waals surface area contributed by atoms with Crippen LogP contribution >= 0.6 is 0 Å². The predicted octanol–water partition coefficient (Wildman–Crippen LogP) is 1.81. The molecule has 0 aliphatic carbocycles. The van der Waals surface area contributed by atoms with E-state index in [1.54, 1.807) is 0 Å². The van der Waals surface area contributed by atoms with Gasteiger partial charge >= 0.3 is 0 Å². The Morgan fingerprint density at radius 1 is 1.40 bits per heavy atom. The summed E-state index contributed by atoms with van der Waals surface area (Å²) in [5, 5.41) is 11.1. The minimum atomic E-state index is -2.86. The van der Waals surface area contributed by atoms with Crippen LogP contribution < -0.4 is 10.1 Å². The topological polar surface area (TPSA) is 58.6 Å². The minimum absolute atomic E-state index is 0.0449. The van der Waals surface area contributed by atoms with Gasteiger partial charge in [0.2, 0.25) is 5.91 Å². The zero-order valence-corrected chi connectivity index (χ0v) is 11.5. The SMILES string of the molecule is Cc1ccc(OCCC(=O)NCC(O)C(F)F)c(C)c1. The van der Waals surface area contributed by atoms with Crippen molar-refractivity contribution in [2.75, 3.05) is 13.2 Å². The number of alkyl halides is 2. The van der Waals surface area contributed by atoms with Crippen molar-refractivity contribution in [1.29, 1.82) is 0 Å². The van der Waals surface area contributed by atoms with Crippen LogP contribution in [-0.2, 0) is 4.79 Å². The van der Waals surface area contributed by atoms with E-state index in [0.717, 1.165) is 11.1 Å². The van der Waals surface area contributed by atoms with Crippen LogP contribution in [0.5, 0.6) is 5.75 Å². The highest BCUT2D eigenvalue weighted by Crippen LogP contribution is 2.18. The monoisotopic (exact) mass is 287 g/mol. The molecule has 0 radical (unpaired) electrons. The molecule has 0 aliphatic heterocycles. The van der Waals surface area contributed by atoms with Crippen LogP contribution in [0.15, 0.2) is 18.2 Å². The number of aliphatic hydroxyl groups is 1. The van der Waals surface area contributed by atoms with Crippen molar-refractivity contribution in [3.63, 3.8) is 0 Å². The number of hydrogen-bond donors (Lipinski definition) is 2. The van der Waals surface area contributed by atoms with Crippen molar-refractivity contribution in [3.05, 3.63) is 29.3 Å². The molecule has 1 amide bonds. The molecule has 6 heteroatoms. The van der Waals surface area contributed by atoms with Crippen LogP contribution in [0.2, 0.25) is 0 Å². The molecular weight excluding hydrogens is 268 g/mol. The van der Waals surface area contributed by atoms with Crippen LogP contribution in [0.3, 0.4) is 0 Å². The van der Waals surface area contributed by atoms with Gasteiger partial charge in [-0.25, -0.2) is 8.78 Å². The van der Waals surface area contributed by atoms with Gasteiger partial charge in [0.1, 0.15) is 11.9 Å². The lowest BCUT2D eigenvalue weighted by molar-refractivity contribution is -0.122. The van der Waals surface area contributed by atoms with E-state index in [1.807, 2.05) is 32.0 Å². The first-order valence-electron chi connectivity index (χ1n) is 6.33. The highest BCUT2D eigenvalue weighted by atomic mass is 19.3. The van der Waals surface area contributed by atoms with Crippen molar-refractivity contribution in [1.82, 2.24) is 5.32 Å². The molecule has 1 aromatic carbocycles.